The van der Waals surface area contributed by atoms with Gasteiger partial charge in [0.15, 0.2) is 5.16 Å². The Morgan fingerprint density at radius 2 is 1.93 bits per heavy atom. The van der Waals surface area contributed by atoms with Crippen LogP contribution in [0.15, 0.2) is 34.2 Å². The molecular formula is C20H28N4O3S. The number of benzene rings is 1. The Labute approximate surface area is 169 Å². The van der Waals surface area contributed by atoms with Crippen LogP contribution < -0.4 is 16.2 Å². The zero-order chi connectivity index (χ0) is 20.9. The molecule has 1 unspecified atom stereocenters. The highest BCUT2D eigenvalue weighted by Crippen LogP contribution is 2.23. The normalized spacial score (nSPS) is 12.6. The fraction of sp³-hybridized carbons (Fsp3) is 0.500. The summed E-state index contributed by atoms with van der Waals surface area (Å²) in [7, 11) is 0. The Morgan fingerprint density at radius 1 is 1.25 bits per heavy atom. The van der Waals surface area contributed by atoms with E-state index in [0.29, 0.717) is 22.6 Å². The number of unbranched alkanes of at least 4 members (excludes halogenated alkanes) is 1. The fourth-order valence-corrected chi connectivity index (χ4v) is 3.48. The van der Waals surface area contributed by atoms with Crippen molar-refractivity contribution in [3.05, 3.63) is 34.6 Å². The van der Waals surface area contributed by atoms with E-state index >= 15 is 0 Å². The first kappa shape index (κ1) is 21.9. The van der Waals surface area contributed by atoms with Gasteiger partial charge in [-0.15, -0.1) is 0 Å². The van der Waals surface area contributed by atoms with Crippen molar-refractivity contribution in [1.29, 1.82) is 0 Å². The van der Waals surface area contributed by atoms with Crippen LogP contribution in [0, 0.1) is 0 Å². The van der Waals surface area contributed by atoms with Crippen molar-refractivity contribution in [2.24, 2.45) is 0 Å². The Balaban J connectivity index is 2.25. The smallest absolute Gasteiger partial charge is 0.321 e. The van der Waals surface area contributed by atoms with E-state index in [1.54, 1.807) is 23.6 Å². The number of carbonyl (C=O) groups is 2. The van der Waals surface area contributed by atoms with Gasteiger partial charge in [-0.3, -0.25) is 19.5 Å². The summed E-state index contributed by atoms with van der Waals surface area (Å²) in [5.41, 5.74) is 0.0434. The van der Waals surface area contributed by atoms with Crippen LogP contribution in [-0.2, 0) is 11.3 Å². The fourth-order valence-electron chi connectivity index (χ4n) is 2.55. The minimum atomic E-state index is -0.591. The highest BCUT2D eigenvalue weighted by molar-refractivity contribution is 8.00. The van der Waals surface area contributed by atoms with Gasteiger partial charge in [0, 0.05) is 12.1 Å². The third kappa shape index (κ3) is 5.82. The Kier molecular flexibility index (Phi) is 7.23. The zero-order valence-corrected chi connectivity index (χ0v) is 17.9. The number of carbonyl (C=O) groups excluding carboxylic acids is 2. The summed E-state index contributed by atoms with van der Waals surface area (Å²) < 4.78 is 1.62. The highest BCUT2D eigenvalue weighted by atomic mass is 32.2. The first-order chi connectivity index (χ1) is 13.1. The number of fused-ring (bicyclic) bond motifs is 1. The molecule has 1 heterocycles. The maximum Gasteiger partial charge on any atom is 0.321 e. The minimum Gasteiger partial charge on any atom is -0.333 e. The van der Waals surface area contributed by atoms with Crippen molar-refractivity contribution in [1.82, 2.24) is 20.2 Å². The number of rotatable bonds is 6. The summed E-state index contributed by atoms with van der Waals surface area (Å²) in [4.78, 5) is 41.8. The van der Waals surface area contributed by atoms with Gasteiger partial charge >= 0.3 is 6.03 Å². The van der Waals surface area contributed by atoms with Gasteiger partial charge in [-0.25, -0.2) is 9.78 Å². The monoisotopic (exact) mass is 404 g/mol. The van der Waals surface area contributed by atoms with Crippen molar-refractivity contribution in [2.75, 3.05) is 0 Å². The summed E-state index contributed by atoms with van der Waals surface area (Å²) in [6.07, 6.45) is 1.77. The molecule has 0 fully saturated rings. The molecule has 1 aromatic carbocycles. The summed E-state index contributed by atoms with van der Waals surface area (Å²) >= 11 is 1.18. The third-order valence-electron chi connectivity index (χ3n) is 3.94. The minimum absolute atomic E-state index is 0.111. The summed E-state index contributed by atoms with van der Waals surface area (Å²) in [5.74, 6) is -0.434. The van der Waals surface area contributed by atoms with Crippen LogP contribution in [0.25, 0.3) is 10.9 Å². The second-order valence-electron chi connectivity index (χ2n) is 7.68. The maximum atomic E-state index is 12.9. The standard InChI is InChI=1S/C20H28N4O3S/c1-6-7-12-24-17(26)14-10-8-9-11-15(14)21-19(24)28-13(2)16(25)22-18(27)23-20(3,4)5/h8-11,13H,6-7,12H2,1-5H3,(H2,22,23,25,27). The molecule has 7 nitrogen and oxygen atoms in total. The van der Waals surface area contributed by atoms with Gasteiger partial charge in [0.25, 0.3) is 5.56 Å². The first-order valence-corrected chi connectivity index (χ1v) is 10.3. The van der Waals surface area contributed by atoms with Gasteiger partial charge in [0.05, 0.1) is 16.2 Å². The average Bonchev–Trinajstić information content (AvgIpc) is 2.59. The molecule has 2 rings (SSSR count). The lowest BCUT2D eigenvalue weighted by atomic mass is 10.1. The van der Waals surface area contributed by atoms with E-state index in [-0.39, 0.29) is 5.56 Å². The molecule has 3 amide bonds. The lowest BCUT2D eigenvalue weighted by molar-refractivity contribution is -0.119. The van der Waals surface area contributed by atoms with E-state index in [9.17, 15) is 14.4 Å². The van der Waals surface area contributed by atoms with Gasteiger partial charge in [0.2, 0.25) is 5.91 Å². The first-order valence-electron chi connectivity index (χ1n) is 9.41. The second kappa shape index (κ2) is 9.23. The Bertz CT molecular complexity index is 918. The van der Waals surface area contributed by atoms with Crippen LogP contribution in [0.4, 0.5) is 4.79 Å². The largest absolute Gasteiger partial charge is 0.333 e. The number of aromatic nitrogens is 2. The number of amides is 3. The molecule has 0 saturated carbocycles. The lowest BCUT2D eigenvalue weighted by Gasteiger charge is -2.21. The summed E-state index contributed by atoms with van der Waals surface area (Å²) in [5, 5.41) is 5.49. The number of hydrogen-bond acceptors (Lipinski definition) is 5. The topological polar surface area (TPSA) is 93.1 Å². The Hall–Kier alpha value is -2.35. The highest BCUT2D eigenvalue weighted by Gasteiger charge is 2.22. The van der Waals surface area contributed by atoms with Crippen molar-refractivity contribution >= 4 is 34.6 Å². The van der Waals surface area contributed by atoms with Crippen LogP contribution in [-0.4, -0.2) is 32.3 Å². The van der Waals surface area contributed by atoms with Crippen LogP contribution >= 0.6 is 11.8 Å². The molecule has 0 saturated heterocycles. The van der Waals surface area contributed by atoms with Crippen LogP contribution in [0.1, 0.15) is 47.5 Å². The molecular weight excluding hydrogens is 376 g/mol. The summed E-state index contributed by atoms with van der Waals surface area (Å²) in [6.45, 7) is 9.78. The SMILES string of the molecule is CCCCn1c(SC(C)C(=O)NC(=O)NC(C)(C)C)nc2ccccc2c1=O. The molecule has 28 heavy (non-hydrogen) atoms. The maximum absolute atomic E-state index is 12.9. The molecule has 0 aliphatic heterocycles. The van der Waals surface area contributed by atoms with Crippen LogP contribution in [0.5, 0.6) is 0 Å². The van der Waals surface area contributed by atoms with E-state index in [0.717, 1.165) is 12.8 Å². The molecule has 0 spiro atoms. The molecule has 152 valence electrons. The molecule has 0 radical (unpaired) electrons. The molecule has 0 aliphatic carbocycles. The van der Waals surface area contributed by atoms with E-state index < -0.39 is 22.7 Å². The van der Waals surface area contributed by atoms with Gasteiger partial charge in [-0.05, 0) is 46.2 Å². The molecule has 2 aromatic rings. The number of thioether (sulfide) groups is 1. The molecule has 1 aromatic heterocycles. The van der Waals surface area contributed by atoms with Crippen molar-refractivity contribution in [2.45, 2.75) is 70.0 Å². The number of nitrogens with one attached hydrogen (secondary N) is 2. The number of hydrogen-bond donors (Lipinski definition) is 2. The van der Waals surface area contributed by atoms with Gasteiger partial charge in [0.1, 0.15) is 0 Å². The van der Waals surface area contributed by atoms with E-state index in [2.05, 4.69) is 22.5 Å². The predicted octanol–water partition coefficient (Wildman–Crippen LogP) is 3.30. The second-order valence-corrected chi connectivity index (χ2v) is 8.98. The quantitative estimate of drug-likeness (QED) is 0.569. The van der Waals surface area contributed by atoms with Crippen molar-refractivity contribution in [3.8, 4) is 0 Å². The number of nitrogens with zero attached hydrogens (tertiary/aromatic N) is 2. The lowest BCUT2D eigenvalue weighted by Crippen LogP contribution is -2.49. The zero-order valence-electron chi connectivity index (χ0n) is 17.0. The van der Waals surface area contributed by atoms with Gasteiger partial charge < -0.3 is 5.32 Å². The number of imide groups is 1. The van der Waals surface area contributed by atoms with Crippen molar-refractivity contribution in [3.63, 3.8) is 0 Å². The molecule has 2 N–H and O–H groups in total. The van der Waals surface area contributed by atoms with Crippen molar-refractivity contribution < 1.29 is 9.59 Å². The average molecular weight is 405 g/mol. The van der Waals surface area contributed by atoms with Crippen LogP contribution in [0.3, 0.4) is 0 Å². The molecule has 0 aliphatic rings. The summed E-state index contributed by atoms with van der Waals surface area (Å²) in [6, 6.07) is 6.64. The van der Waals surface area contributed by atoms with E-state index in [1.165, 1.54) is 11.8 Å². The van der Waals surface area contributed by atoms with E-state index in [1.807, 2.05) is 32.9 Å². The van der Waals surface area contributed by atoms with Gasteiger partial charge in [-0.2, -0.15) is 0 Å². The number of para-hydroxylation sites is 1. The molecule has 1 atom stereocenters. The molecule has 8 heteroatoms. The number of urea groups is 1. The third-order valence-corrected chi connectivity index (χ3v) is 5.03. The van der Waals surface area contributed by atoms with Gasteiger partial charge in [-0.1, -0.05) is 37.2 Å². The Morgan fingerprint density at radius 3 is 2.57 bits per heavy atom. The van der Waals surface area contributed by atoms with Crippen LogP contribution in [0.2, 0.25) is 0 Å². The predicted molar refractivity (Wildman–Crippen MR) is 113 cm³/mol. The van der Waals surface area contributed by atoms with E-state index in [4.69, 9.17) is 0 Å². The molecule has 0 bridgehead atoms.